The molecule has 1 unspecified atom stereocenters. The minimum Gasteiger partial charge on any atom is -0.444 e. The minimum absolute atomic E-state index is 0.0986. The van der Waals surface area contributed by atoms with Crippen molar-refractivity contribution < 1.29 is 19.1 Å². The number of carbonyl (C=O) groups is 2. The van der Waals surface area contributed by atoms with Gasteiger partial charge in [0.25, 0.3) is 0 Å². The standard InChI is InChI=1S/C38H42N6O4/c1-37(2,3)47-35(45)43-29-16-24(29)18-31(43)33-39-20-28(42-33)23-12-9-21(10-13-23)7-8-22-11-14-26-27(15-22)41-34(40-26)32-19-25-17-30(25)44(32)36(46)48-38(4,5)6/h9-15,20,24-25,29-32H,16-19H2,1-6H3,(H,39,42)(H,40,41)/t24-,25?,29-,30-,31+,32+/m1/s1. The predicted octanol–water partition coefficient (Wildman–Crippen LogP) is 7.49. The fourth-order valence-corrected chi connectivity index (χ4v) is 7.35. The Kier molecular flexibility index (Phi) is 6.92. The van der Waals surface area contributed by atoms with E-state index in [4.69, 9.17) is 14.5 Å². The van der Waals surface area contributed by atoms with Gasteiger partial charge in [-0.15, -0.1) is 0 Å². The number of likely N-dealkylation sites (tertiary alicyclic amines) is 2. The highest BCUT2D eigenvalue weighted by Gasteiger charge is 2.57. The highest BCUT2D eigenvalue weighted by atomic mass is 16.6. The molecule has 2 aliphatic carbocycles. The first-order valence-electron chi connectivity index (χ1n) is 17.0. The van der Waals surface area contributed by atoms with Gasteiger partial charge in [-0.2, -0.15) is 0 Å². The zero-order valence-corrected chi connectivity index (χ0v) is 28.3. The lowest BCUT2D eigenvalue weighted by atomic mass is 10.1. The number of fused-ring (bicyclic) bond motifs is 3. The first kappa shape index (κ1) is 30.5. The van der Waals surface area contributed by atoms with Crippen LogP contribution in [0.3, 0.4) is 0 Å². The molecule has 2 saturated heterocycles. The Hall–Kier alpha value is -4.78. The van der Waals surface area contributed by atoms with Gasteiger partial charge in [0.15, 0.2) is 0 Å². The van der Waals surface area contributed by atoms with E-state index < -0.39 is 11.2 Å². The van der Waals surface area contributed by atoms with Gasteiger partial charge < -0.3 is 19.4 Å². The maximum atomic E-state index is 13.0. The van der Waals surface area contributed by atoms with Crippen LogP contribution in [0.5, 0.6) is 0 Å². The van der Waals surface area contributed by atoms with Crippen molar-refractivity contribution in [3.8, 4) is 23.1 Å². The van der Waals surface area contributed by atoms with Gasteiger partial charge in [0.05, 0.1) is 35.0 Å². The average Bonchev–Trinajstić information content (AvgIpc) is 3.64. The summed E-state index contributed by atoms with van der Waals surface area (Å²) in [5, 5.41) is 0. The number of imidazole rings is 2. The van der Waals surface area contributed by atoms with Gasteiger partial charge in [0.1, 0.15) is 22.9 Å². The molecule has 4 aliphatic rings. The molecule has 4 aromatic rings. The molecule has 2 amide bonds. The fourth-order valence-electron chi connectivity index (χ4n) is 7.35. The summed E-state index contributed by atoms with van der Waals surface area (Å²) in [6.07, 6.45) is 5.19. The molecule has 4 heterocycles. The number of nitrogens with one attached hydrogen (secondary N) is 2. The smallest absolute Gasteiger partial charge is 0.411 e. The van der Waals surface area contributed by atoms with Gasteiger partial charge >= 0.3 is 12.2 Å². The number of aromatic amines is 2. The molecule has 2 aliphatic heterocycles. The zero-order chi connectivity index (χ0) is 33.5. The molecule has 0 spiro atoms. The highest BCUT2D eigenvalue weighted by Crippen LogP contribution is 2.54. The Balaban J connectivity index is 0.949. The Labute approximate surface area is 280 Å². The third-order valence-corrected chi connectivity index (χ3v) is 9.69. The lowest BCUT2D eigenvalue weighted by molar-refractivity contribution is 0.0164. The molecule has 2 saturated carbocycles. The third kappa shape index (κ3) is 5.91. The second-order valence-corrected chi connectivity index (χ2v) is 15.8. The van der Waals surface area contributed by atoms with E-state index in [1.54, 1.807) is 0 Å². The van der Waals surface area contributed by atoms with Crippen LogP contribution in [-0.4, -0.2) is 65.2 Å². The Morgan fingerprint density at radius 1 is 0.750 bits per heavy atom. The van der Waals surface area contributed by atoms with E-state index in [9.17, 15) is 9.59 Å². The molecule has 248 valence electrons. The van der Waals surface area contributed by atoms with Gasteiger partial charge in [0.2, 0.25) is 0 Å². The summed E-state index contributed by atoms with van der Waals surface area (Å²) in [6, 6.07) is 14.3. The second kappa shape index (κ2) is 10.9. The molecule has 48 heavy (non-hydrogen) atoms. The van der Waals surface area contributed by atoms with E-state index in [-0.39, 0.29) is 36.4 Å². The summed E-state index contributed by atoms with van der Waals surface area (Å²) in [5.41, 5.74) is 4.36. The topological polar surface area (TPSA) is 116 Å². The number of hydrogen-bond acceptors (Lipinski definition) is 6. The van der Waals surface area contributed by atoms with E-state index in [2.05, 4.69) is 26.8 Å². The molecule has 0 radical (unpaired) electrons. The number of hydrogen-bond donors (Lipinski definition) is 2. The third-order valence-electron chi connectivity index (χ3n) is 9.69. The number of nitrogens with zero attached hydrogens (tertiary/aromatic N) is 4. The molecular formula is C38H42N6O4. The summed E-state index contributed by atoms with van der Waals surface area (Å²) >= 11 is 0. The molecule has 2 aromatic heterocycles. The quantitative estimate of drug-likeness (QED) is 0.223. The highest BCUT2D eigenvalue weighted by molar-refractivity contribution is 5.78. The van der Waals surface area contributed by atoms with Crippen molar-refractivity contribution >= 4 is 23.2 Å². The number of ether oxygens (including phenoxy) is 2. The molecule has 4 fully saturated rings. The Morgan fingerprint density at radius 3 is 1.92 bits per heavy atom. The van der Waals surface area contributed by atoms with Gasteiger partial charge in [0, 0.05) is 23.2 Å². The van der Waals surface area contributed by atoms with Crippen LogP contribution in [0.4, 0.5) is 9.59 Å². The van der Waals surface area contributed by atoms with Crippen LogP contribution in [0.15, 0.2) is 48.7 Å². The van der Waals surface area contributed by atoms with Crippen LogP contribution < -0.4 is 0 Å². The lowest BCUT2D eigenvalue weighted by Gasteiger charge is -2.29. The maximum Gasteiger partial charge on any atom is 0.411 e. The van der Waals surface area contributed by atoms with Crippen LogP contribution in [0.1, 0.15) is 102 Å². The molecular weight excluding hydrogens is 604 g/mol. The van der Waals surface area contributed by atoms with Crippen molar-refractivity contribution in [2.45, 2.75) is 103 Å². The number of rotatable bonds is 3. The largest absolute Gasteiger partial charge is 0.444 e. The molecule has 0 bridgehead atoms. The summed E-state index contributed by atoms with van der Waals surface area (Å²) < 4.78 is 11.4. The fraction of sp³-hybridized carbons (Fsp3) is 0.474. The number of benzene rings is 2. The van der Waals surface area contributed by atoms with E-state index in [1.807, 2.05) is 100 Å². The predicted molar refractivity (Wildman–Crippen MR) is 181 cm³/mol. The van der Waals surface area contributed by atoms with Gasteiger partial charge in [-0.1, -0.05) is 24.0 Å². The van der Waals surface area contributed by atoms with Crippen LogP contribution >= 0.6 is 0 Å². The number of H-pyrrole nitrogens is 2. The van der Waals surface area contributed by atoms with Crippen molar-refractivity contribution in [1.82, 2.24) is 29.7 Å². The summed E-state index contributed by atoms with van der Waals surface area (Å²) in [4.78, 5) is 46.3. The van der Waals surface area contributed by atoms with Gasteiger partial charge in [-0.3, -0.25) is 9.80 Å². The molecule has 2 aromatic carbocycles. The van der Waals surface area contributed by atoms with Gasteiger partial charge in [-0.25, -0.2) is 19.6 Å². The first-order valence-corrected chi connectivity index (χ1v) is 17.0. The second-order valence-electron chi connectivity index (χ2n) is 15.8. The maximum absolute atomic E-state index is 13.0. The van der Waals surface area contributed by atoms with Crippen molar-refractivity contribution in [2.75, 3.05) is 0 Å². The van der Waals surface area contributed by atoms with Crippen LogP contribution in [0.2, 0.25) is 0 Å². The van der Waals surface area contributed by atoms with E-state index in [1.165, 1.54) is 0 Å². The van der Waals surface area contributed by atoms with E-state index >= 15 is 0 Å². The first-order chi connectivity index (χ1) is 22.8. The summed E-state index contributed by atoms with van der Waals surface area (Å²) in [5.74, 6) is 9.21. The Bertz CT molecular complexity index is 1970. The monoisotopic (exact) mass is 646 g/mol. The molecule has 8 rings (SSSR count). The molecule has 2 N–H and O–H groups in total. The SMILES string of the molecule is CC(C)(C)OC(=O)N1[C@@H]2CC2C[C@H]1c1nc2ccc(C#Cc3ccc(-c4cnc([C@@H]5C[C@H]6C[C@H]6N5C(=O)OC(C)(C)C)[nH]4)cc3)cc2[nH]1. The number of piperidine rings is 2. The number of aromatic nitrogens is 4. The van der Waals surface area contributed by atoms with Crippen molar-refractivity contribution in [3.63, 3.8) is 0 Å². The lowest BCUT2D eigenvalue weighted by Crippen LogP contribution is -2.38. The van der Waals surface area contributed by atoms with E-state index in [0.717, 1.165) is 70.7 Å². The summed E-state index contributed by atoms with van der Waals surface area (Å²) in [7, 11) is 0. The number of carbonyl (C=O) groups excluding carboxylic acids is 2. The van der Waals surface area contributed by atoms with Crippen LogP contribution in [0, 0.1) is 23.7 Å². The summed E-state index contributed by atoms with van der Waals surface area (Å²) in [6.45, 7) is 11.4. The zero-order valence-electron chi connectivity index (χ0n) is 28.3. The minimum atomic E-state index is -0.540. The van der Waals surface area contributed by atoms with Crippen molar-refractivity contribution in [1.29, 1.82) is 0 Å². The van der Waals surface area contributed by atoms with Crippen LogP contribution in [-0.2, 0) is 9.47 Å². The Morgan fingerprint density at radius 2 is 1.31 bits per heavy atom. The molecule has 10 nitrogen and oxygen atoms in total. The average molecular weight is 647 g/mol. The van der Waals surface area contributed by atoms with Crippen LogP contribution in [0.25, 0.3) is 22.3 Å². The van der Waals surface area contributed by atoms with E-state index in [0.29, 0.717) is 11.8 Å². The van der Waals surface area contributed by atoms with Crippen molar-refractivity contribution in [3.05, 3.63) is 71.4 Å². The molecule has 6 atom stereocenters. The van der Waals surface area contributed by atoms with Crippen molar-refractivity contribution in [2.24, 2.45) is 11.8 Å². The number of amides is 2. The molecule has 10 heteroatoms. The van der Waals surface area contributed by atoms with Gasteiger partial charge in [-0.05, 0) is 115 Å². The normalized spacial score (nSPS) is 25.7.